The van der Waals surface area contributed by atoms with Crippen molar-refractivity contribution in [2.45, 2.75) is 106 Å². The Morgan fingerprint density at radius 2 is 1.74 bits per heavy atom. The van der Waals surface area contributed by atoms with Crippen LogP contribution in [-0.2, 0) is 50.6 Å². The number of aliphatic hydroxyl groups is 1. The van der Waals surface area contributed by atoms with E-state index in [2.05, 4.69) is 39.9 Å². The summed E-state index contributed by atoms with van der Waals surface area (Å²) < 4.78 is 31.5. The van der Waals surface area contributed by atoms with E-state index in [1.807, 2.05) is 43.1 Å². The minimum Gasteiger partial charge on any atom is -0.496 e. The molecule has 7 aliphatic rings. The van der Waals surface area contributed by atoms with Crippen LogP contribution in [0.2, 0.25) is 0 Å². The Labute approximate surface area is 361 Å². The number of fused-ring (bicyclic) bond motifs is 6. The van der Waals surface area contributed by atoms with Gasteiger partial charge in [-0.1, -0.05) is 26.0 Å². The molecule has 14 nitrogen and oxygen atoms in total. The van der Waals surface area contributed by atoms with Crippen LogP contribution in [0.3, 0.4) is 0 Å². The average molecular weight is 851 g/mol. The molecule has 1 unspecified atom stereocenters. The Kier molecular flexibility index (Phi) is 9.07. The van der Waals surface area contributed by atoms with Gasteiger partial charge >= 0.3 is 17.9 Å². The van der Waals surface area contributed by atoms with Gasteiger partial charge in [0.2, 0.25) is 0 Å². The van der Waals surface area contributed by atoms with Crippen molar-refractivity contribution in [3.05, 3.63) is 70.4 Å². The molecule has 1 aliphatic carbocycles. The number of esters is 3. The molecule has 2 N–H and O–H groups in total. The van der Waals surface area contributed by atoms with Crippen LogP contribution in [0, 0.1) is 11.3 Å². The summed E-state index contributed by atoms with van der Waals surface area (Å²) >= 11 is 0. The number of H-pyrrole nitrogens is 1. The molecule has 6 aliphatic heterocycles. The Morgan fingerprint density at radius 3 is 2.42 bits per heavy atom. The molecule has 62 heavy (non-hydrogen) atoms. The monoisotopic (exact) mass is 850 g/mol. The summed E-state index contributed by atoms with van der Waals surface area (Å²) in [6.07, 6.45) is 6.26. The Balaban J connectivity index is 1.29. The fourth-order valence-corrected chi connectivity index (χ4v) is 14.2. The van der Waals surface area contributed by atoms with Crippen LogP contribution < -0.4 is 9.64 Å². The Morgan fingerprint density at radius 1 is 0.968 bits per heavy atom. The second kappa shape index (κ2) is 13.6. The third kappa shape index (κ3) is 4.84. The highest BCUT2D eigenvalue weighted by Crippen LogP contribution is 2.80. The number of likely N-dealkylation sites (N-methyl/N-ethyl adjacent to an activating group) is 1. The number of ether oxygens (including phenoxy) is 5. The number of carbonyl (C=O) groups is 4. The van der Waals surface area contributed by atoms with Gasteiger partial charge in [-0.25, -0.2) is 4.79 Å². The molecular weight excluding hydrogens is 793 g/mol. The quantitative estimate of drug-likeness (QED) is 0.107. The van der Waals surface area contributed by atoms with Crippen LogP contribution >= 0.6 is 0 Å². The van der Waals surface area contributed by atoms with E-state index in [0.29, 0.717) is 87.4 Å². The van der Waals surface area contributed by atoms with Crippen molar-refractivity contribution in [1.82, 2.24) is 14.8 Å². The number of epoxide rings is 1. The molecule has 10 atom stereocenters. The first kappa shape index (κ1) is 41.3. The Bertz CT molecular complexity index is 2480. The van der Waals surface area contributed by atoms with E-state index in [1.54, 1.807) is 14.0 Å². The minimum absolute atomic E-state index is 0.0607. The number of nitrogens with zero attached hydrogens (tertiary/aromatic N) is 3. The standard InChI is InChI=1S/C48H58N4O10/c1-9-43(57)23-29-24-45(41(55)59-7,38-31(14-18-51(25-29)26-43)32-20-30(27(3)53)12-13-35(32)49-38)34-21-33-36(22-37(34)58-6)50(5)48-46(33)16-19-52-17-11-15-44(10-2,39(46)52)40(61-28(4)54)47(48,62-48)42(56)60-8/h11-13,15,20-22,29,39-40,49,57H,9-10,14,16-19,23-26H2,1-8H3/t29-,39+,40-,43+,44-,45+,46-,47+,48+/m1/s1. The smallest absolute Gasteiger partial charge is 0.347 e. The zero-order chi connectivity index (χ0) is 43.9. The lowest BCUT2D eigenvalue weighted by atomic mass is 9.49. The molecule has 1 saturated carbocycles. The molecule has 0 amide bonds. The van der Waals surface area contributed by atoms with Crippen molar-refractivity contribution in [3.63, 3.8) is 0 Å². The molecule has 2 spiro atoms. The molecule has 7 heterocycles. The maximum absolute atomic E-state index is 15.5. The van der Waals surface area contributed by atoms with Crippen LogP contribution in [0.4, 0.5) is 5.69 Å². The number of Topliss-reactive ketones (excluding diaryl/α,β-unsaturated/α-hetero) is 1. The largest absolute Gasteiger partial charge is 0.496 e. The van der Waals surface area contributed by atoms with Crippen molar-refractivity contribution in [2.24, 2.45) is 11.3 Å². The summed E-state index contributed by atoms with van der Waals surface area (Å²) in [6.45, 7) is 10.2. The molecule has 2 aromatic carbocycles. The fourth-order valence-electron chi connectivity index (χ4n) is 14.2. The normalized spacial score (nSPS) is 37.4. The molecule has 4 fully saturated rings. The van der Waals surface area contributed by atoms with Crippen molar-refractivity contribution >= 4 is 40.3 Å². The Hall–Kier alpha value is -4.76. The number of aromatic nitrogens is 1. The van der Waals surface area contributed by atoms with E-state index < -0.39 is 57.2 Å². The molecule has 3 aromatic rings. The number of methoxy groups -OCH3 is 3. The molecule has 330 valence electrons. The van der Waals surface area contributed by atoms with E-state index in [-0.39, 0.29) is 24.2 Å². The highest BCUT2D eigenvalue weighted by atomic mass is 16.7. The summed E-state index contributed by atoms with van der Waals surface area (Å²) in [5.74, 6) is -1.36. The average Bonchev–Trinajstić information content (AvgIpc) is 3.51. The molecule has 2 bridgehead atoms. The van der Waals surface area contributed by atoms with Gasteiger partial charge in [0.1, 0.15) is 11.2 Å². The number of anilines is 1. The van der Waals surface area contributed by atoms with E-state index in [0.717, 1.165) is 27.7 Å². The highest BCUT2D eigenvalue weighted by Gasteiger charge is 2.98. The van der Waals surface area contributed by atoms with Gasteiger partial charge in [-0.15, -0.1) is 0 Å². The van der Waals surface area contributed by atoms with Gasteiger partial charge in [0.15, 0.2) is 17.6 Å². The highest BCUT2D eigenvalue weighted by molar-refractivity contribution is 6.01. The zero-order valence-electron chi connectivity index (χ0n) is 37.0. The second-order valence-electron chi connectivity index (χ2n) is 19.1. The number of hydrogen-bond acceptors (Lipinski definition) is 13. The van der Waals surface area contributed by atoms with Gasteiger partial charge in [0.05, 0.1) is 32.3 Å². The third-order valence-electron chi connectivity index (χ3n) is 16.5. The third-order valence-corrected chi connectivity index (χ3v) is 16.5. The van der Waals surface area contributed by atoms with Gasteiger partial charge < -0.3 is 38.7 Å². The van der Waals surface area contributed by atoms with Gasteiger partial charge in [-0.2, -0.15) is 0 Å². The maximum Gasteiger partial charge on any atom is 0.347 e. The van der Waals surface area contributed by atoms with Gasteiger partial charge in [-0.3, -0.25) is 24.2 Å². The lowest BCUT2D eigenvalue weighted by Crippen LogP contribution is -2.75. The topological polar surface area (TPSA) is 163 Å². The second-order valence-corrected chi connectivity index (χ2v) is 19.1. The molecule has 1 aromatic heterocycles. The van der Waals surface area contributed by atoms with Crippen LogP contribution in [0.5, 0.6) is 5.75 Å². The number of hydrogen-bond donors (Lipinski definition) is 2. The molecule has 10 rings (SSSR count). The number of nitrogens with one attached hydrogen (secondary N) is 1. The number of piperidine rings is 1. The predicted molar refractivity (Wildman–Crippen MR) is 228 cm³/mol. The number of rotatable bonds is 8. The SMILES string of the molecule is CC[C@]1(O)C[C@H]2CN(CCc3c([nH]c4ccc(C(C)=O)cc34)[C@@](C(=O)OC)(c3cc4c(cc3OC)N(C)[C@@]35O[C@]3(C(=O)OC)[C@H](OC(C)=O)[C@]3(CC)C=CCN6CC[C@]45[C@@H]63)C2)C1. The maximum atomic E-state index is 15.5. The van der Waals surface area contributed by atoms with Crippen molar-refractivity contribution in [1.29, 1.82) is 0 Å². The van der Waals surface area contributed by atoms with Crippen molar-refractivity contribution in [3.8, 4) is 5.75 Å². The van der Waals surface area contributed by atoms with Gasteiger partial charge in [0.25, 0.3) is 5.60 Å². The van der Waals surface area contributed by atoms with Gasteiger partial charge in [-0.05, 0) is 93.3 Å². The molecular formula is C48H58N4O10. The van der Waals surface area contributed by atoms with E-state index >= 15 is 4.79 Å². The number of ketones is 1. The molecule has 3 saturated heterocycles. The summed E-state index contributed by atoms with van der Waals surface area (Å²) in [4.78, 5) is 66.5. The van der Waals surface area contributed by atoms with Crippen LogP contribution in [0.15, 0.2) is 42.5 Å². The van der Waals surface area contributed by atoms with Crippen molar-refractivity contribution < 1.29 is 48.0 Å². The first-order valence-electron chi connectivity index (χ1n) is 22.2. The zero-order valence-corrected chi connectivity index (χ0v) is 37.0. The van der Waals surface area contributed by atoms with Crippen LogP contribution in [0.1, 0.15) is 92.5 Å². The first-order valence-corrected chi connectivity index (χ1v) is 22.2. The summed E-state index contributed by atoms with van der Waals surface area (Å²) in [5, 5.41) is 12.9. The van der Waals surface area contributed by atoms with E-state index in [4.69, 9.17) is 23.7 Å². The number of benzene rings is 2. The van der Waals surface area contributed by atoms with Crippen LogP contribution in [-0.4, -0.2) is 134 Å². The summed E-state index contributed by atoms with van der Waals surface area (Å²) in [5.41, 5.74) is -2.00. The lowest BCUT2D eigenvalue weighted by Gasteiger charge is -2.58. The molecule has 14 heteroatoms. The summed E-state index contributed by atoms with van der Waals surface area (Å²) in [6, 6.07) is 9.44. The first-order chi connectivity index (χ1) is 29.6. The molecule has 0 radical (unpaired) electrons. The summed E-state index contributed by atoms with van der Waals surface area (Å²) in [7, 11) is 6.28. The van der Waals surface area contributed by atoms with E-state index in [9.17, 15) is 19.5 Å². The van der Waals surface area contributed by atoms with E-state index in [1.165, 1.54) is 21.1 Å². The van der Waals surface area contributed by atoms with Crippen molar-refractivity contribution in [2.75, 3.05) is 66.0 Å². The minimum atomic E-state index is -1.69. The fraction of sp³-hybridized carbons (Fsp3) is 0.583. The number of aromatic amines is 1. The van der Waals surface area contributed by atoms with Crippen LogP contribution in [0.25, 0.3) is 10.9 Å². The number of carbonyl (C=O) groups excluding carboxylic acids is 4. The lowest BCUT2D eigenvalue weighted by molar-refractivity contribution is -0.178. The predicted octanol–water partition coefficient (Wildman–Crippen LogP) is 4.56. The van der Waals surface area contributed by atoms with Gasteiger partial charge in [0, 0.05) is 91.1 Å².